The number of benzene rings is 2. The van der Waals surface area contributed by atoms with E-state index in [2.05, 4.69) is 46.7 Å². The number of ether oxygens (including phenoxy) is 4. The Morgan fingerprint density at radius 3 is 1.42 bits per heavy atom. The van der Waals surface area contributed by atoms with Crippen LogP contribution in [0.2, 0.25) is 0 Å². The molecule has 0 unspecified atom stereocenters. The summed E-state index contributed by atoms with van der Waals surface area (Å²) < 4.78 is 26.1. The molecule has 0 aliphatic carbocycles. The molecule has 2 aromatic carbocycles. The predicted molar refractivity (Wildman–Crippen MR) is 322 cm³/mol. The minimum Gasteiger partial charge on any atom is -0.492 e. The van der Waals surface area contributed by atoms with E-state index in [-0.39, 0.29) is 48.4 Å². The number of carbonyl (C=O) groups excluding carboxylic acids is 6. The minimum absolute atomic E-state index is 0.159. The molecule has 24 heteroatoms. The van der Waals surface area contributed by atoms with Crippen LogP contribution in [0.25, 0.3) is 22.2 Å². The summed E-state index contributed by atoms with van der Waals surface area (Å²) in [6.45, 7) is 11.7. The van der Waals surface area contributed by atoms with Gasteiger partial charge in [0.25, 0.3) is 23.6 Å². The molecular formula is C60H68BBrN10O12. The van der Waals surface area contributed by atoms with Crippen molar-refractivity contribution in [2.24, 2.45) is 0 Å². The second kappa shape index (κ2) is 29.3. The fraction of sp³-hybridized carbons (Fsp3) is 0.300. The van der Waals surface area contributed by atoms with Crippen molar-refractivity contribution in [3.8, 4) is 22.6 Å². The Labute approximate surface area is 495 Å². The number of pyridine rings is 4. The number of aromatic nitrogens is 6. The third-order valence-corrected chi connectivity index (χ3v) is 12.7. The van der Waals surface area contributed by atoms with Crippen LogP contribution in [0.4, 0.5) is 11.6 Å². The van der Waals surface area contributed by atoms with Gasteiger partial charge in [0.1, 0.15) is 34.3 Å². The molecule has 84 heavy (non-hydrogen) atoms. The first-order valence-corrected chi connectivity index (χ1v) is 27.4. The van der Waals surface area contributed by atoms with Gasteiger partial charge >= 0.3 is 19.1 Å². The molecule has 440 valence electrons. The highest BCUT2D eigenvalue weighted by atomic mass is 79.9. The van der Waals surface area contributed by atoms with Gasteiger partial charge in [-0.05, 0) is 154 Å². The molecule has 6 heterocycles. The minimum atomic E-state index is -1.49. The van der Waals surface area contributed by atoms with Crippen LogP contribution in [0.5, 0.6) is 11.5 Å². The van der Waals surface area contributed by atoms with Gasteiger partial charge in [0.05, 0.1) is 53.5 Å². The van der Waals surface area contributed by atoms with E-state index in [9.17, 15) is 28.8 Å². The second-order valence-electron chi connectivity index (χ2n) is 20.8. The number of anilines is 2. The molecule has 22 nitrogen and oxygen atoms in total. The Balaban J connectivity index is 0.000000227. The lowest BCUT2D eigenvalue weighted by molar-refractivity contribution is -0.156. The molecule has 0 saturated carbocycles. The summed E-state index contributed by atoms with van der Waals surface area (Å²) in [6.07, 6.45) is 11.6. The van der Waals surface area contributed by atoms with Crippen LogP contribution >= 0.6 is 15.9 Å². The topological polar surface area (TPSA) is 271 Å². The molecule has 4 N–H and O–H groups in total. The van der Waals surface area contributed by atoms with Gasteiger partial charge in [0.2, 0.25) is 0 Å². The molecular weight excluding hydrogens is 1140 g/mol. The zero-order valence-electron chi connectivity index (χ0n) is 48.5. The number of amides is 4. The van der Waals surface area contributed by atoms with Crippen LogP contribution in [0, 0.1) is 0 Å². The van der Waals surface area contributed by atoms with E-state index < -0.39 is 18.3 Å². The first-order chi connectivity index (χ1) is 39.8. The monoisotopic (exact) mass is 1210 g/mol. The number of hydrogen-bond acceptors (Lipinski definition) is 16. The number of carbonyl (C=O) groups is 6. The molecule has 0 spiro atoms. The number of halogens is 1. The van der Waals surface area contributed by atoms with Crippen molar-refractivity contribution < 1.29 is 57.8 Å². The maximum Gasteiger partial charge on any atom is 0.488 e. The van der Waals surface area contributed by atoms with E-state index in [0.717, 1.165) is 26.6 Å². The van der Waals surface area contributed by atoms with Gasteiger partial charge in [-0.15, -0.1) is 0 Å². The van der Waals surface area contributed by atoms with Gasteiger partial charge < -0.3 is 39.6 Å². The van der Waals surface area contributed by atoms with Gasteiger partial charge in [-0.3, -0.25) is 38.6 Å². The largest absolute Gasteiger partial charge is 0.492 e. The fourth-order valence-electron chi connectivity index (χ4n) is 7.82. The third-order valence-electron chi connectivity index (χ3n) is 12.0. The molecule has 0 atom stereocenters. The Kier molecular flexibility index (Phi) is 22.4. The highest BCUT2D eigenvalue weighted by Gasteiger charge is 2.21. The van der Waals surface area contributed by atoms with Gasteiger partial charge in [0.15, 0.2) is 0 Å². The van der Waals surface area contributed by atoms with E-state index in [4.69, 9.17) is 29.0 Å². The Morgan fingerprint density at radius 1 is 0.571 bits per heavy atom. The van der Waals surface area contributed by atoms with Gasteiger partial charge in [-0.1, -0.05) is 24.3 Å². The Hall–Kier alpha value is -9.00. The number of rotatable bonds is 18. The lowest BCUT2D eigenvalue weighted by atomic mass is 9.80. The molecule has 8 aromatic rings. The van der Waals surface area contributed by atoms with Crippen molar-refractivity contribution in [3.63, 3.8) is 0 Å². The van der Waals surface area contributed by atoms with Crippen LogP contribution in [0.1, 0.15) is 109 Å². The van der Waals surface area contributed by atoms with Crippen LogP contribution in [0.15, 0.2) is 139 Å². The second-order valence-corrected chi connectivity index (χ2v) is 21.6. The summed E-state index contributed by atoms with van der Waals surface area (Å²) in [5.41, 5.74) is 4.72. The van der Waals surface area contributed by atoms with Crippen LogP contribution in [-0.4, -0.2) is 135 Å². The van der Waals surface area contributed by atoms with Gasteiger partial charge in [-0.25, -0.2) is 19.0 Å². The summed E-state index contributed by atoms with van der Waals surface area (Å²) in [4.78, 5) is 84.2. The summed E-state index contributed by atoms with van der Waals surface area (Å²) in [7, 11) is 4.97. The SMILES string of the molecule is CN(C(=O)c1ccn2ncc(Br)c2c1)c1ccc(OCCCC(=O)OC(C)(C)C)cn1.CNC(=O)c1ccc(-c2cnn3ccc(C(=O)N(C)c4ccc(OCCCC(=O)OC(C)(C)C)cn4)cc23)cc1.CNC(=O)c1ccc(B(O)O)cc1. The molecule has 0 aliphatic rings. The van der Waals surface area contributed by atoms with E-state index in [1.165, 1.54) is 41.1 Å². The highest BCUT2D eigenvalue weighted by molar-refractivity contribution is 9.10. The standard InChI is InChI=1S/C30H33N5O5.C22H25BrN4O4.C8H10BNO3/c1-30(2,3)40-27(36)7-6-16-39-23-12-13-26(32-18-23)34(5)29(38)22-14-15-35-25(17-22)24(19-33-35)20-8-10-21(11-9-20)28(37)31-4;1-22(2,3)31-20(28)6-5-11-30-16-7-8-19(24-13-16)26(4)21(29)15-9-10-27-18(12-15)17(23)14-25-27;1-10-8(11)6-2-4-7(5-3-6)9(12)13/h8-15,17-19H,6-7,16H2,1-5H3,(H,31,37);7-10,12-14H,5-6,11H2,1-4H3;2-5,12-13H,1H3,(H,10,11). The molecule has 0 bridgehead atoms. The van der Waals surface area contributed by atoms with Gasteiger partial charge in [0, 0.05) is 81.2 Å². The number of nitrogens with zero attached hydrogens (tertiary/aromatic N) is 8. The number of fused-ring (bicyclic) bond motifs is 2. The predicted octanol–water partition coefficient (Wildman–Crippen LogP) is 7.53. The van der Waals surface area contributed by atoms with Gasteiger partial charge in [-0.2, -0.15) is 10.2 Å². The molecule has 0 aliphatic heterocycles. The van der Waals surface area contributed by atoms with Crippen molar-refractivity contribution in [2.75, 3.05) is 51.2 Å². The zero-order valence-corrected chi connectivity index (χ0v) is 50.0. The van der Waals surface area contributed by atoms with Crippen molar-refractivity contribution in [1.29, 1.82) is 0 Å². The zero-order chi connectivity index (χ0) is 61.3. The summed E-state index contributed by atoms with van der Waals surface area (Å²) in [6, 6.07) is 27.2. The lowest BCUT2D eigenvalue weighted by Gasteiger charge is -2.19. The van der Waals surface area contributed by atoms with E-state index in [1.807, 2.05) is 53.7 Å². The maximum atomic E-state index is 13.3. The average molecular weight is 1210 g/mol. The number of hydrogen-bond donors (Lipinski definition) is 4. The lowest BCUT2D eigenvalue weighted by Crippen LogP contribution is -2.30. The summed E-state index contributed by atoms with van der Waals surface area (Å²) in [5, 5.41) is 31.2. The number of esters is 2. The quantitative estimate of drug-likeness (QED) is 0.0367. The first kappa shape index (κ1) is 64.2. The van der Waals surface area contributed by atoms with E-state index in [1.54, 1.807) is 128 Å². The van der Waals surface area contributed by atoms with Crippen molar-refractivity contribution >= 4 is 86.7 Å². The molecule has 0 radical (unpaired) electrons. The summed E-state index contributed by atoms with van der Waals surface area (Å²) >= 11 is 3.43. The van der Waals surface area contributed by atoms with E-state index >= 15 is 0 Å². The fourth-order valence-corrected chi connectivity index (χ4v) is 8.21. The smallest absolute Gasteiger partial charge is 0.488 e. The van der Waals surface area contributed by atoms with Crippen molar-refractivity contribution in [1.82, 2.24) is 39.8 Å². The highest BCUT2D eigenvalue weighted by Crippen LogP contribution is 2.27. The van der Waals surface area contributed by atoms with Crippen molar-refractivity contribution in [2.45, 2.75) is 78.4 Å². The molecule has 0 fully saturated rings. The van der Waals surface area contributed by atoms with Crippen LogP contribution < -0.4 is 35.4 Å². The molecule has 8 rings (SSSR count). The van der Waals surface area contributed by atoms with E-state index in [0.29, 0.717) is 76.9 Å². The normalized spacial score (nSPS) is 11.0. The molecule has 4 amide bonds. The Bertz CT molecular complexity index is 3550. The third kappa shape index (κ3) is 18.5. The average Bonchev–Trinajstić information content (AvgIpc) is 2.88. The maximum absolute atomic E-state index is 13.3. The van der Waals surface area contributed by atoms with Crippen molar-refractivity contribution in [3.05, 3.63) is 161 Å². The molecule has 0 saturated heterocycles. The van der Waals surface area contributed by atoms with Crippen LogP contribution in [-0.2, 0) is 19.1 Å². The number of nitrogens with one attached hydrogen (secondary N) is 2. The molecule has 6 aromatic heterocycles. The van der Waals surface area contributed by atoms with Crippen LogP contribution in [0.3, 0.4) is 0 Å². The summed E-state index contributed by atoms with van der Waals surface area (Å²) in [5.74, 6) is 0.795. The first-order valence-electron chi connectivity index (χ1n) is 26.6. The Morgan fingerprint density at radius 2 is 1.00 bits per heavy atom.